The number of amides is 2. The minimum Gasteiger partial charge on any atom is -0.457 e. The molecule has 0 spiro atoms. The molecule has 0 aromatic heterocycles. The van der Waals surface area contributed by atoms with E-state index in [1.807, 2.05) is 5.32 Å². The quantitative estimate of drug-likeness (QED) is 0.772. The van der Waals surface area contributed by atoms with E-state index < -0.39 is 36.0 Å². The summed E-state index contributed by atoms with van der Waals surface area (Å²) in [7, 11) is 0. The van der Waals surface area contributed by atoms with Crippen LogP contribution in [0.1, 0.15) is 30.0 Å². The number of ether oxygens (including phenoxy) is 1. The molecule has 2 N–H and O–H groups in total. The Morgan fingerprint density at radius 3 is 2.11 bits per heavy atom. The summed E-state index contributed by atoms with van der Waals surface area (Å²) in [6, 6.07) is 11.9. The average molecular weight is 390 g/mol. The number of hydrogen-bond donors (Lipinski definition) is 2. The Kier molecular flexibility index (Phi) is 4.49. The molecule has 2 aromatic carbocycles. The van der Waals surface area contributed by atoms with Crippen LogP contribution < -0.4 is 15.4 Å². The summed E-state index contributed by atoms with van der Waals surface area (Å²) in [6.45, 7) is 0. The van der Waals surface area contributed by atoms with Crippen LogP contribution in [0.2, 0.25) is 0 Å². The Bertz CT molecular complexity index is 883. The Morgan fingerprint density at radius 1 is 1.00 bits per heavy atom. The molecule has 2 aliphatic rings. The summed E-state index contributed by atoms with van der Waals surface area (Å²) in [5.41, 5.74) is 1.44. The number of rotatable bonds is 2. The van der Waals surface area contributed by atoms with E-state index in [0.29, 0.717) is 11.5 Å². The van der Waals surface area contributed by atoms with Crippen molar-refractivity contribution in [3.8, 4) is 11.5 Å². The Labute approximate surface area is 158 Å². The van der Waals surface area contributed by atoms with Gasteiger partial charge in [-0.1, -0.05) is 36.4 Å². The van der Waals surface area contributed by atoms with E-state index in [4.69, 9.17) is 4.74 Å². The lowest BCUT2D eigenvalue weighted by Gasteiger charge is -2.32. The van der Waals surface area contributed by atoms with Gasteiger partial charge in [0.15, 0.2) is 0 Å². The number of carbonyl (C=O) groups excluding carboxylic acids is 2. The van der Waals surface area contributed by atoms with Crippen LogP contribution in [0.5, 0.6) is 11.5 Å². The summed E-state index contributed by atoms with van der Waals surface area (Å²) < 4.78 is 44.3. The second kappa shape index (κ2) is 6.85. The fraction of sp³-hybridized carbons (Fsp3) is 0.300. The minimum atomic E-state index is -4.52. The molecule has 2 amide bonds. The Morgan fingerprint density at radius 2 is 1.57 bits per heavy atom. The molecule has 2 atom stereocenters. The molecule has 8 heteroatoms. The summed E-state index contributed by atoms with van der Waals surface area (Å²) in [6.07, 6.45) is -5.00. The molecule has 5 nitrogen and oxygen atoms in total. The minimum absolute atomic E-state index is 0.158. The standard InChI is InChI=1S/C20H17F3N2O3/c21-20(22,23)16-10-9-13(18(26)24-16)19(27)25-17-11-5-1-3-7-14(11)28-15-8-4-2-6-12(15)17/h1-8,13,16-17H,9-10H2,(H,24,26)(H,25,27). The number of carbonyl (C=O) groups is 2. The fourth-order valence-corrected chi connectivity index (χ4v) is 3.61. The average Bonchev–Trinajstić information content (AvgIpc) is 2.67. The molecule has 1 saturated heterocycles. The van der Waals surface area contributed by atoms with E-state index in [1.54, 1.807) is 48.5 Å². The smallest absolute Gasteiger partial charge is 0.408 e. The van der Waals surface area contributed by atoms with Gasteiger partial charge in [0, 0.05) is 11.1 Å². The molecule has 0 aliphatic carbocycles. The van der Waals surface area contributed by atoms with Crippen LogP contribution in [0.15, 0.2) is 48.5 Å². The molecule has 0 bridgehead atoms. The highest BCUT2D eigenvalue weighted by Crippen LogP contribution is 2.42. The lowest BCUT2D eigenvalue weighted by atomic mass is 9.90. The molecule has 28 heavy (non-hydrogen) atoms. The van der Waals surface area contributed by atoms with Gasteiger partial charge in [-0.05, 0) is 25.0 Å². The van der Waals surface area contributed by atoms with Crippen molar-refractivity contribution in [2.45, 2.75) is 31.1 Å². The second-order valence-corrected chi connectivity index (χ2v) is 6.85. The van der Waals surface area contributed by atoms with Crippen molar-refractivity contribution in [2.75, 3.05) is 0 Å². The fourth-order valence-electron chi connectivity index (χ4n) is 3.61. The normalized spacial score (nSPS) is 21.8. The van der Waals surface area contributed by atoms with E-state index in [0.717, 1.165) is 11.1 Å². The molecule has 2 aromatic rings. The van der Waals surface area contributed by atoms with Crippen molar-refractivity contribution < 1.29 is 27.5 Å². The van der Waals surface area contributed by atoms with Crippen LogP contribution in [0, 0.1) is 5.92 Å². The van der Waals surface area contributed by atoms with Crippen molar-refractivity contribution in [1.29, 1.82) is 0 Å². The first-order valence-corrected chi connectivity index (χ1v) is 8.88. The van der Waals surface area contributed by atoms with E-state index in [-0.39, 0.29) is 12.8 Å². The van der Waals surface area contributed by atoms with Gasteiger partial charge in [-0.15, -0.1) is 0 Å². The topological polar surface area (TPSA) is 67.4 Å². The maximum atomic E-state index is 12.8. The monoisotopic (exact) mass is 390 g/mol. The zero-order valence-corrected chi connectivity index (χ0v) is 14.6. The molecule has 0 saturated carbocycles. The van der Waals surface area contributed by atoms with Crippen LogP contribution in [-0.4, -0.2) is 24.0 Å². The molecule has 146 valence electrons. The molecular weight excluding hydrogens is 373 g/mol. The van der Waals surface area contributed by atoms with Gasteiger partial charge in [0.25, 0.3) is 0 Å². The predicted molar refractivity (Wildman–Crippen MR) is 93.7 cm³/mol. The van der Waals surface area contributed by atoms with Gasteiger partial charge in [0.05, 0.1) is 6.04 Å². The van der Waals surface area contributed by atoms with Crippen LogP contribution in [0.4, 0.5) is 13.2 Å². The Balaban J connectivity index is 1.57. The predicted octanol–water partition coefficient (Wildman–Crippen LogP) is 3.46. The van der Waals surface area contributed by atoms with Crippen LogP contribution in [0.3, 0.4) is 0 Å². The molecule has 4 rings (SSSR count). The van der Waals surface area contributed by atoms with Crippen LogP contribution in [-0.2, 0) is 9.59 Å². The molecule has 0 radical (unpaired) electrons. The van der Waals surface area contributed by atoms with E-state index >= 15 is 0 Å². The summed E-state index contributed by atoms with van der Waals surface area (Å²) >= 11 is 0. The number of nitrogens with one attached hydrogen (secondary N) is 2. The van der Waals surface area contributed by atoms with Crippen molar-refractivity contribution in [3.05, 3.63) is 59.7 Å². The van der Waals surface area contributed by atoms with Gasteiger partial charge in [0.2, 0.25) is 11.8 Å². The number of hydrogen-bond acceptors (Lipinski definition) is 3. The lowest BCUT2D eigenvalue weighted by molar-refractivity contribution is -0.171. The first kappa shape index (κ1) is 18.3. The van der Waals surface area contributed by atoms with E-state index in [9.17, 15) is 22.8 Å². The molecular formula is C20H17F3N2O3. The molecule has 2 aliphatic heterocycles. The van der Waals surface area contributed by atoms with Crippen molar-refractivity contribution in [3.63, 3.8) is 0 Å². The van der Waals surface area contributed by atoms with Gasteiger partial charge >= 0.3 is 6.18 Å². The number of halogens is 3. The number of alkyl halides is 3. The first-order chi connectivity index (χ1) is 13.3. The molecule has 2 heterocycles. The maximum absolute atomic E-state index is 12.8. The van der Waals surface area contributed by atoms with Gasteiger partial charge < -0.3 is 15.4 Å². The largest absolute Gasteiger partial charge is 0.457 e. The maximum Gasteiger partial charge on any atom is 0.408 e. The van der Waals surface area contributed by atoms with Gasteiger partial charge in [-0.25, -0.2) is 0 Å². The first-order valence-electron chi connectivity index (χ1n) is 8.88. The van der Waals surface area contributed by atoms with Crippen molar-refractivity contribution in [2.24, 2.45) is 5.92 Å². The number of piperidine rings is 1. The molecule has 2 unspecified atom stereocenters. The van der Waals surface area contributed by atoms with E-state index in [1.165, 1.54) is 0 Å². The van der Waals surface area contributed by atoms with Gasteiger partial charge in [0.1, 0.15) is 23.5 Å². The molecule has 1 fully saturated rings. The highest BCUT2D eigenvalue weighted by Gasteiger charge is 2.46. The third-order valence-corrected chi connectivity index (χ3v) is 5.06. The van der Waals surface area contributed by atoms with Gasteiger partial charge in [-0.2, -0.15) is 13.2 Å². The van der Waals surface area contributed by atoms with E-state index in [2.05, 4.69) is 5.32 Å². The Hall–Kier alpha value is -3.03. The summed E-state index contributed by atoms with van der Waals surface area (Å²) in [4.78, 5) is 24.9. The number of para-hydroxylation sites is 2. The second-order valence-electron chi connectivity index (χ2n) is 6.85. The third kappa shape index (κ3) is 3.30. The third-order valence-electron chi connectivity index (χ3n) is 5.06. The lowest BCUT2D eigenvalue weighted by Crippen LogP contribution is -2.54. The van der Waals surface area contributed by atoms with Crippen molar-refractivity contribution >= 4 is 11.8 Å². The van der Waals surface area contributed by atoms with Crippen molar-refractivity contribution in [1.82, 2.24) is 10.6 Å². The SMILES string of the molecule is O=C(NC1c2ccccc2Oc2ccccc21)C1CCC(C(F)(F)F)NC1=O. The zero-order valence-electron chi connectivity index (χ0n) is 14.6. The zero-order chi connectivity index (χ0) is 19.9. The van der Waals surface area contributed by atoms with Crippen LogP contribution in [0.25, 0.3) is 0 Å². The number of fused-ring (bicyclic) bond motifs is 2. The number of benzene rings is 2. The summed E-state index contributed by atoms with van der Waals surface area (Å²) in [5.74, 6) is -1.51. The van der Waals surface area contributed by atoms with Gasteiger partial charge in [-0.3, -0.25) is 9.59 Å². The highest BCUT2D eigenvalue weighted by atomic mass is 19.4. The van der Waals surface area contributed by atoms with Crippen LogP contribution >= 0.6 is 0 Å². The highest BCUT2D eigenvalue weighted by molar-refractivity contribution is 6.01. The summed E-state index contributed by atoms with van der Waals surface area (Å²) in [5, 5.41) is 4.74.